The van der Waals surface area contributed by atoms with Crippen LogP contribution in [-0.2, 0) is 5.75 Å². The highest BCUT2D eigenvalue weighted by Gasteiger charge is 2.14. The molecule has 1 heterocycles. The van der Waals surface area contributed by atoms with Gasteiger partial charge < -0.3 is 10.3 Å². The minimum absolute atomic E-state index is 0.106. The van der Waals surface area contributed by atoms with E-state index in [-0.39, 0.29) is 6.04 Å². The first-order valence-corrected chi connectivity index (χ1v) is 6.88. The van der Waals surface area contributed by atoms with Crippen molar-refractivity contribution < 1.29 is 4.52 Å². The molecule has 0 amide bonds. The largest absolute Gasteiger partial charge is 0.338 e. The Balaban J connectivity index is 2.43. The van der Waals surface area contributed by atoms with E-state index in [0.717, 1.165) is 30.8 Å². The van der Waals surface area contributed by atoms with Gasteiger partial charge in [-0.2, -0.15) is 16.7 Å². The van der Waals surface area contributed by atoms with Crippen LogP contribution >= 0.6 is 11.8 Å². The number of rotatable bonds is 7. The molecule has 0 aromatic carbocycles. The van der Waals surface area contributed by atoms with Crippen LogP contribution in [0.4, 0.5) is 0 Å². The van der Waals surface area contributed by atoms with E-state index < -0.39 is 0 Å². The van der Waals surface area contributed by atoms with E-state index in [0.29, 0.717) is 11.1 Å². The lowest BCUT2D eigenvalue weighted by molar-refractivity contribution is 0.343. The third-order valence-corrected chi connectivity index (χ3v) is 3.31. The first-order chi connectivity index (χ1) is 7.63. The number of hydrogen-bond donors (Lipinski definition) is 1. The fraction of sp³-hybridized carbons (Fsp3) is 0.818. The Morgan fingerprint density at radius 3 is 2.81 bits per heavy atom. The molecule has 0 radical (unpaired) electrons. The highest BCUT2D eigenvalue weighted by atomic mass is 32.2. The Kier molecular flexibility index (Phi) is 5.84. The van der Waals surface area contributed by atoms with Gasteiger partial charge in [0.15, 0.2) is 5.82 Å². The number of thioether (sulfide) groups is 1. The average molecular weight is 243 g/mol. The van der Waals surface area contributed by atoms with Crippen LogP contribution < -0.4 is 5.73 Å². The molecule has 0 aliphatic rings. The summed E-state index contributed by atoms with van der Waals surface area (Å²) < 4.78 is 5.16. The van der Waals surface area contributed by atoms with Gasteiger partial charge in [-0.3, -0.25) is 0 Å². The zero-order chi connectivity index (χ0) is 12.0. The van der Waals surface area contributed by atoms with Crippen molar-refractivity contribution in [2.45, 2.75) is 57.1 Å². The van der Waals surface area contributed by atoms with E-state index in [1.165, 1.54) is 0 Å². The molecule has 1 rings (SSSR count). The fourth-order valence-electron chi connectivity index (χ4n) is 1.27. The number of nitrogens with two attached hydrogens (primary N) is 1. The third-order valence-electron chi connectivity index (χ3n) is 2.22. The lowest BCUT2D eigenvalue weighted by Crippen LogP contribution is -2.10. The van der Waals surface area contributed by atoms with Crippen LogP contribution in [0, 0.1) is 0 Å². The number of nitrogens with zero attached hydrogens (tertiary/aromatic N) is 2. The van der Waals surface area contributed by atoms with Crippen molar-refractivity contribution in [1.29, 1.82) is 0 Å². The van der Waals surface area contributed by atoms with Gasteiger partial charge in [0.1, 0.15) is 0 Å². The van der Waals surface area contributed by atoms with Crippen molar-refractivity contribution >= 4 is 11.8 Å². The molecular formula is C11H21N3OS. The Bertz CT molecular complexity index is 301. The first kappa shape index (κ1) is 13.5. The van der Waals surface area contributed by atoms with Gasteiger partial charge in [0.25, 0.3) is 0 Å². The van der Waals surface area contributed by atoms with Gasteiger partial charge in [0.05, 0.1) is 11.8 Å². The minimum atomic E-state index is -0.106. The number of unbranched alkanes of at least 4 members (excludes halogenated alkanes) is 1. The lowest BCUT2D eigenvalue weighted by Gasteiger charge is -2.03. The maximum atomic E-state index is 5.95. The van der Waals surface area contributed by atoms with Crippen LogP contribution in [0.15, 0.2) is 4.52 Å². The molecule has 0 saturated carbocycles. The van der Waals surface area contributed by atoms with E-state index in [2.05, 4.69) is 30.9 Å². The summed E-state index contributed by atoms with van der Waals surface area (Å²) in [6.45, 7) is 6.45. The lowest BCUT2D eigenvalue weighted by atomic mass is 10.1. The van der Waals surface area contributed by atoms with Crippen LogP contribution in [0.25, 0.3) is 0 Å². The molecule has 4 nitrogen and oxygen atoms in total. The Labute approximate surface area is 101 Å². The van der Waals surface area contributed by atoms with Crippen LogP contribution in [0.1, 0.15) is 57.8 Å². The number of aromatic nitrogens is 2. The molecule has 0 bridgehead atoms. The molecule has 2 N–H and O–H groups in total. The van der Waals surface area contributed by atoms with Crippen LogP contribution in [0.3, 0.4) is 0 Å². The maximum Gasteiger partial charge on any atom is 0.243 e. The quantitative estimate of drug-likeness (QED) is 0.797. The normalized spacial score (nSPS) is 13.3. The molecule has 0 saturated heterocycles. The predicted molar refractivity (Wildman–Crippen MR) is 67.2 cm³/mol. The summed E-state index contributed by atoms with van der Waals surface area (Å²) in [5.74, 6) is 2.12. The third kappa shape index (κ3) is 4.53. The smallest absolute Gasteiger partial charge is 0.243 e. The highest BCUT2D eigenvalue weighted by molar-refractivity contribution is 7.99. The van der Waals surface area contributed by atoms with Crippen molar-refractivity contribution in [2.24, 2.45) is 5.73 Å². The Hall–Kier alpha value is -0.550. The van der Waals surface area contributed by atoms with E-state index in [4.69, 9.17) is 10.3 Å². The second-order valence-corrected chi connectivity index (χ2v) is 5.72. The molecule has 16 heavy (non-hydrogen) atoms. The summed E-state index contributed by atoms with van der Waals surface area (Å²) in [5.41, 5.74) is 5.95. The van der Waals surface area contributed by atoms with E-state index in [9.17, 15) is 0 Å². The van der Waals surface area contributed by atoms with Crippen molar-refractivity contribution in [3.05, 3.63) is 11.7 Å². The van der Waals surface area contributed by atoms with Crippen molar-refractivity contribution in [2.75, 3.05) is 0 Å². The summed E-state index contributed by atoms with van der Waals surface area (Å²) in [6.07, 6.45) is 3.15. The molecule has 0 aliphatic heterocycles. The molecule has 0 spiro atoms. The minimum Gasteiger partial charge on any atom is -0.338 e. The highest BCUT2D eigenvalue weighted by Crippen LogP contribution is 2.18. The standard InChI is InChI=1S/C11H21N3OS/c1-4-5-6-9(12)11-13-10(14-15-11)7-16-8(2)3/h8-9H,4-7,12H2,1-3H3/t9-/m0/s1. The van der Waals surface area contributed by atoms with Crippen LogP contribution in [-0.4, -0.2) is 15.4 Å². The van der Waals surface area contributed by atoms with Gasteiger partial charge in [-0.05, 0) is 11.7 Å². The summed E-state index contributed by atoms with van der Waals surface area (Å²) in [5, 5.41) is 4.51. The van der Waals surface area contributed by atoms with Crippen LogP contribution in [0.5, 0.6) is 0 Å². The van der Waals surface area contributed by atoms with E-state index >= 15 is 0 Å². The second kappa shape index (κ2) is 6.91. The Morgan fingerprint density at radius 1 is 1.44 bits per heavy atom. The van der Waals surface area contributed by atoms with Crippen LogP contribution in [0.2, 0.25) is 0 Å². The van der Waals surface area contributed by atoms with Crippen molar-refractivity contribution in [3.8, 4) is 0 Å². The van der Waals surface area contributed by atoms with E-state index in [1.807, 2.05) is 0 Å². The molecule has 92 valence electrons. The van der Waals surface area contributed by atoms with Crippen molar-refractivity contribution in [1.82, 2.24) is 10.1 Å². The SMILES string of the molecule is CCCC[C@H](N)c1nc(CSC(C)C)no1. The molecule has 0 unspecified atom stereocenters. The summed E-state index contributed by atoms with van der Waals surface area (Å²) in [6, 6.07) is -0.106. The monoisotopic (exact) mass is 243 g/mol. The Morgan fingerprint density at radius 2 is 2.19 bits per heavy atom. The molecule has 1 aromatic heterocycles. The number of hydrogen-bond acceptors (Lipinski definition) is 5. The molecule has 1 atom stereocenters. The predicted octanol–water partition coefficient (Wildman–Crippen LogP) is 2.90. The molecule has 0 fully saturated rings. The molecule has 1 aromatic rings. The molecular weight excluding hydrogens is 222 g/mol. The summed E-state index contributed by atoms with van der Waals surface area (Å²) in [7, 11) is 0. The maximum absolute atomic E-state index is 5.95. The average Bonchev–Trinajstić information content (AvgIpc) is 2.71. The van der Waals surface area contributed by atoms with Gasteiger partial charge in [-0.15, -0.1) is 0 Å². The van der Waals surface area contributed by atoms with Gasteiger partial charge in [0, 0.05) is 0 Å². The second-order valence-electron chi connectivity index (χ2n) is 4.16. The summed E-state index contributed by atoms with van der Waals surface area (Å²) >= 11 is 1.80. The van der Waals surface area contributed by atoms with Gasteiger partial charge in [-0.25, -0.2) is 0 Å². The van der Waals surface area contributed by atoms with Gasteiger partial charge in [0.2, 0.25) is 5.89 Å². The zero-order valence-corrected chi connectivity index (χ0v) is 11.1. The van der Waals surface area contributed by atoms with Gasteiger partial charge >= 0.3 is 0 Å². The topological polar surface area (TPSA) is 64.9 Å². The van der Waals surface area contributed by atoms with Crippen molar-refractivity contribution in [3.63, 3.8) is 0 Å². The zero-order valence-electron chi connectivity index (χ0n) is 10.3. The fourth-order valence-corrected chi connectivity index (χ4v) is 1.87. The first-order valence-electron chi connectivity index (χ1n) is 5.83. The van der Waals surface area contributed by atoms with Gasteiger partial charge in [-0.1, -0.05) is 38.8 Å². The van der Waals surface area contributed by atoms with E-state index in [1.54, 1.807) is 11.8 Å². The summed E-state index contributed by atoms with van der Waals surface area (Å²) in [4.78, 5) is 4.31. The molecule has 0 aliphatic carbocycles. The molecule has 5 heteroatoms.